The summed E-state index contributed by atoms with van der Waals surface area (Å²) < 4.78 is 4.77. The molecule has 0 bridgehead atoms. The molecule has 2 N–H and O–H groups in total. The van der Waals surface area contributed by atoms with Crippen LogP contribution in [-0.2, 0) is 9.53 Å². The zero-order valence-corrected chi connectivity index (χ0v) is 7.43. The molecule has 0 radical (unpaired) electrons. The standard InChI is InChI=1S/C8H16N2O2/c1-2-12-8(11)3-4-9-5-7-6-10-7/h7,9-10H,2-6H2,1H3. The predicted octanol–water partition coefficient (Wildman–Crippen LogP) is -0.499. The van der Waals surface area contributed by atoms with Crippen LogP contribution in [0.25, 0.3) is 0 Å². The summed E-state index contributed by atoms with van der Waals surface area (Å²) in [5.41, 5.74) is 0. The smallest absolute Gasteiger partial charge is 0.307 e. The van der Waals surface area contributed by atoms with Crippen LogP contribution in [0.2, 0.25) is 0 Å². The fraction of sp³-hybridized carbons (Fsp3) is 0.875. The van der Waals surface area contributed by atoms with Crippen molar-refractivity contribution in [2.75, 3.05) is 26.2 Å². The average Bonchev–Trinajstić information content (AvgIpc) is 2.82. The van der Waals surface area contributed by atoms with Gasteiger partial charge in [-0.1, -0.05) is 0 Å². The van der Waals surface area contributed by atoms with E-state index >= 15 is 0 Å². The first-order valence-electron chi connectivity index (χ1n) is 4.42. The van der Waals surface area contributed by atoms with Crippen LogP contribution in [0.15, 0.2) is 0 Å². The Morgan fingerprint density at radius 2 is 2.50 bits per heavy atom. The van der Waals surface area contributed by atoms with Crippen LogP contribution in [0, 0.1) is 0 Å². The number of carbonyl (C=O) groups is 1. The van der Waals surface area contributed by atoms with Crippen molar-refractivity contribution in [1.82, 2.24) is 10.6 Å². The van der Waals surface area contributed by atoms with E-state index < -0.39 is 0 Å². The monoisotopic (exact) mass is 172 g/mol. The Morgan fingerprint density at radius 3 is 3.08 bits per heavy atom. The molecule has 4 heteroatoms. The van der Waals surface area contributed by atoms with Gasteiger partial charge in [0.15, 0.2) is 0 Å². The lowest BCUT2D eigenvalue weighted by Crippen LogP contribution is -2.24. The van der Waals surface area contributed by atoms with E-state index in [1.54, 1.807) is 0 Å². The van der Waals surface area contributed by atoms with Gasteiger partial charge in [-0.15, -0.1) is 0 Å². The van der Waals surface area contributed by atoms with Crippen molar-refractivity contribution < 1.29 is 9.53 Å². The van der Waals surface area contributed by atoms with Gasteiger partial charge in [0.05, 0.1) is 13.0 Å². The molecule has 0 aromatic carbocycles. The number of ether oxygens (including phenoxy) is 1. The third-order valence-corrected chi connectivity index (χ3v) is 1.69. The Morgan fingerprint density at radius 1 is 1.75 bits per heavy atom. The van der Waals surface area contributed by atoms with Crippen molar-refractivity contribution in [3.63, 3.8) is 0 Å². The van der Waals surface area contributed by atoms with E-state index in [-0.39, 0.29) is 5.97 Å². The molecule has 0 aromatic heterocycles. The maximum atomic E-state index is 10.8. The first-order chi connectivity index (χ1) is 5.83. The zero-order chi connectivity index (χ0) is 8.81. The Labute approximate surface area is 72.7 Å². The molecule has 1 atom stereocenters. The summed E-state index contributed by atoms with van der Waals surface area (Å²) in [5, 5.41) is 6.34. The van der Waals surface area contributed by atoms with Gasteiger partial charge in [-0.25, -0.2) is 0 Å². The van der Waals surface area contributed by atoms with Crippen molar-refractivity contribution in [3.8, 4) is 0 Å². The van der Waals surface area contributed by atoms with Crippen molar-refractivity contribution in [3.05, 3.63) is 0 Å². The second-order valence-electron chi connectivity index (χ2n) is 2.86. The van der Waals surface area contributed by atoms with Gasteiger partial charge in [0.1, 0.15) is 0 Å². The van der Waals surface area contributed by atoms with Gasteiger partial charge in [-0.2, -0.15) is 0 Å². The van der Waals surface area contributed by atoms with Crippen LogP contribution in [0.1, 0.15) is 13.3 Å². The van der Waals surface area contributed by atoms with E-state index in [4.69, 9.17) is 4.74 Å². The Balaban J connectivity index is 1.83. The number of hydrogen-bond acceptors (Lipinski definition) is 4. The van der Waals surface area contributed by atoms with Crippen molar-refractivity contribution in [1.29, 1.82) is 0 Å². The number of hydrogen-bond donors (Lipinski definition) is 2. The zero-order valence-electron chi connectivity index (χ0n) is 7.43. The molecule has 0 aliphatic carbocycles. The lowest BCUT2D eigenvalue weighted by molar-refractivity contribution is -0.142. The topological polar surface area (TPSA) is 60.3 Å². The maximum Gasteiger partial charge on any atom is 0.307 e. The van der Waals surface area contributed by atoms with E-state index in [0.29, 0.717) is 19.1 Å². The second kappa shape index (κ2) is 5.11. The molecular formula is C8H16N2O2. The van der Waals surface area contributed by atoms with Crippen molar-refractivity contribution in [2.45, 2.75) is 19.4 Å². The molecule has 0 spiro atoms. The Bertz CT molecular complexity index is 146. The first-order valence-corrected chi connectivity index (χ1v) is 4.42. The van der Waals surface area contributed by atoms with Crippen LogP contribution in [0.5, 0.6) is 0 Å². The van der Waals surface area contributed by atoms with Crippen LogP contribution < -0.4 is 10.6 Å². The highest BCUT2D eigenvalue weighted by Crippen LogP contribution is 1.93. The fourth-order valence-corrected chi connectivity index (χ4v) is 0.928. The van der Waals surface area contributed by atoms with E-state index in [1.807, 2.05) is 6.92 Å². The molecule has 12 heavy (non-hydrogen) atoms. The van der Waals surface area contributed by atoms with Gasteiger partial charge in [-0.3, -0.25) is 4.79 Å². The van der Waals surface area contributed by atoms with E-state index in [2.05, 4.69) is 10.6 Å². The molecule has 0 saturated carbocycles. The summed E-state index contributed by atoms with van der Waals surface area (Å²) in [6.07, 6.45) is 0.473. The summed E-state index contributed by atoms with van der Waals surface area (Å²) >= 11 is 0. The quantitative estimate of drug-likeness (QED) is 0.322. The second-order valence-corrected chi connectivity index (χ2v) is 2.86. The molecule has 1 saturated heterocycles. The third-order valence-electron chi connectivity index (χ3n) is 1.69. The molecule has 70 valence electrons. The molecule has 1 aliphatic heterocycles. The van der Waals surface area contributed by atoms with Crippen molar-refractivity contribution >= 4 is 5.97 Å². The molecular weight excluding hydrogens is 156 g/mol. The van der Waals surface area contributed by atoms with E-state index in [0.717, 1.165) is 19.6 Å². The normalized spacial score (nSPS) is 20.6. The summed E-state index contributed by atoms with van der Waals surface area (Å²) in [7, 11) is 0. The van der Waals surface area contributed by atoms with Crippen LogP contribution in [0.4, 0.5) is 0 Å². The maximum absolute atomic E-state index is 10.8. The molecule has 1 heterocycles. The van der Waals surface area contributed by atoms with Crippen LogP contribution >= 0.6 is 0 Å². The molecule has 4 nitrogen and oxygen atoms in total. The largest absolute Gasteiger partial charge is 0.466 e. The molecule has 0 aromatic rings. The van der Waals surface area contributed by atoms with Gasteiger partial charge < -0.3 is 15.4 Å². The van der Waals surface area contributed by atoms with Gasteiger partial charge in [0, 0.05) is 25.7 Å². The van der Waals surface area contributed by atoms with E-state index in [1.165, 1.54) is 0 Å². The summed E-state index contributed by atoms with van der Waals surface area (Å²) in [4.78, 5) is 10.8. The minimum absolute atomic E-state index is 0.117. The summed E-state index contributed by atoms with van der Waals surface area (Å²) in [5.74, 6) is -0.117. The summed E-state index contributed by atoms with van der Waals surface area (Å²) in [6, 6.07) is 0.632. The predicted molar refractivity (Wildman–Crippen MR) is 45.9 cm³/mol. The molecule has 1 fully saturated rings. The minimum Gasteiger partial charge on any atom is -0.466 e. The third kappa shape index (κ3) is 4.31. The van der Waals surface area contributed by atoms with Crippen LogP contribution in [0.3, 0.4) is 0 Å². The number of esters is 1. The molecule has 1 aliphatic rings. The average molecular weight is 172 g/mol. The van der Waals surface area contributed by atoms with E-state index in [9.17, 15) is 4.79 Å². The lowest BCUT2D eigenvalue weighted by atomic mass is 10.4. The lowest BCUT2D eigenvalue weighted by Gasteiger charge is -2.02. The van der Waals surface area contributed by atoms with Gasteiger partial charge in [-0.05, 0) is 6.92 Å². The number of nitrogens with one attached hydrogen (secondary N) is 2. The van der Waals surface area contributed by atoms with Gasteiger partial charge >= 0.3 is 5.97 Å². The molecule has 1 unspecified atom stereocenters. The Kier molecular flexibility index (Phi) is 4.04. The highest BCUT2D eigenvalue weighted by atomic mass is 16.5. The van der Waals surface area contributed by atoms with Crippen molar-refractivity contribution in [2.24, 2.45) is 0 Å². The fourth-order valence-electron chi connectivity index (χ4n) is 0.928. The number of rotatable bonds is 6. The Hall–Kier alpha value is -0.610. The highest BCUT2D eigenvalue weighted by molar-refractivity contribution is 5.69. The molecule has 0 amide bonds. The summed E-state index contributed by atoms with van der Waals surface area (Å²) in [6.45, 7) is 5.07. The minimum atomic E-state index is -0.117. The van der Waals surface area contributed by atoms with Crippen LogP contribution in [-0.4, -0.2) is 38.3 Å². The SMILES string of the molecule is CCOC(=O)CCNCC1CN1. The van der Waals surface area contributed by atoms with Gasteiger partial charge in [0.25, 0.3) is 0 Å². The first kappa shape index (κ1) is 9.48. The van der Waals surface area contributed by atoms with Gasteiger partial charge in [0.2, 0.25) is 0 Å². The number of carbonyl (C=O) groups excluding carboxylic acids is 1. The highest BCUT2D eigenvalue weighted by Gasteiger charge is 2.18. The molecule has 1 rings (SSSR count).